The van der Waals surface area contributed by atoms with Crippen LogP contribution in [0.25, 0.3) is 0 Å². The van der Waals surface area contributed by atoms with Gasteiger partial charge in [-0.05, 0) is 18.3 Å². The van der Waals surface area contributed by atoms with Gasteiger partial charge in [-0.3, -0.25) is 4.79 Å². The van der Waals surface area contributed by atoms with Crippen LogP contribution in [0.2, 0.25) is 19.6 Å². The Morgan fingerprint density at radius 3 is 2.33 bits per heavy atom. The highest BCUT2D eigenvalue weighted by Gasteiger charge is 2.19. The second kappa shape index (κ2) is 2.90. The summed E-state index contributed by atoms with van der Waals surface area (Å²) in [5, 5.41) is 0. The molecule has 12 heavy (non-hydrogen) atoms. The molecule has 1 aromatic heterocycles. The van der Waals surface area contributed by atoms with Crippen LogP contribution < -0.4 is 0 Å². The zero-order valence-electron chi connectivity index (χ0n) is 8.09. The molecule has 0 amide bonds. The predicted octanol–water partition coefficient (Wildman–Crippen LogP) is 2.37. The lowest BCUT2D eigenvalue weighted by atomic mass is 10.3. The van der Waals surface area contributed by atoms with Crippen molar-refractivity contribution in [2.75, 3.05) is 0 Å². The first kappa shape index (κ1) is 9.26. The molecule has 0 bridgehead atoms. The average Bonchev–Trinajstić information content (AvgIpc) is 2.30. The van der Waals surface area contributed by atoms with Crippen LogP contribution in [0, 0.1) is 0 Å². The lowest BCUT2D eigenvalue weighted by molar-refractivity contribution is 0.101. The summed E-state index contributed by atoms with van der Waals surface area (Å²) in [6.45, 7) is 8.28. The van der Waals surface area contributed by atoms with E-state index in [4.69, 9.17) is 0 Å². The summed E-state index contributed by atoms with van der Waals surface area (Å²) in [6.07, 6.45) is 2.00. The zero-order valence-corrected chi connectivity index (χ0v) is 9.09. The van der Waals surface area contributed by atoms with E-state index in [2.05, 4.69) is 23.9 Å². The van der Waals surface area contributed by atoms with Crippen LogP contribution in [-0.2, 0) is 0 Å². The highest BCUT2D eigenvalue weighted by molar-refractivity contribution is 6.74. The number of carbonyl (C=O) groups excluding carboxylic acids is 1. The van der Waals surface area contributed by atoms with Gasteiger partial charge in [0.15, 0.2) is 14.0 Å². The molecule has 0 atom stereocenters. The van der Waals surface area contributed by atoms with Crippen LogP contribution in [0.1, 0.15) is 17.4 Å². The van der Waals surface area contributed by atoms with Crippen LogP contribution in [0.5, 0.6) is 0 Å². The van der Waals surface area contributed by atoms with Crippen molar-refractivity contribution in [1.29, 1.82) is 0 Å². The van der Waals surface area contributed by atoms with Crippen molar-refractivity contribution < 1.29 is 4.79 Å². The lowest BCUT2D eigenvalue weighted by Crippen LogP contribution is -2.33. The van der Waals surface area contributed by atoms with Crippen molar-refractivity contribution in [3.8, 4) is 0 Å². The third kappa shape index (κ3) is 1.66. The van der Waals surface area contributed by atoms with E-state index in [-0.39, 0.29) is 5.78 Å². The van der Waals surface area contributed by atoms with E-state index in [0.29, 0.717) is 0 Å². The molecule has 0 aliphatic carbocycles. The minimum absolute atomic E-state index is 0.155. The Kier molecular flexibility index (Phi) is 2.24. The van der Waals surface area contributed by atoms with Gasteiger partial charge in [0.1, 0.15) is 0 Å². The largest absolute Gasteiger partial charge is 0.372 e. The quantitative estimate of drug-likeness (QED) is 0.507. The van der Waals surface area contributed by atoms with Gasteiger partial charge in [-0.2, -0.15) is 0 Å². The van der Waals surface area contributed by atoms with Crippen molar-refractivity contribution in [3.63, 3.8) is 0 Å². The van der Waals surface area contributed by atoms with E-state index < -0.39 is 8.24 Å². The number of aromatic nitrogens is 1. The number of hydrogen-bond acceptors (Lipinski definition) is 1. The summed E-state index contributed by atoms with van der Waals surface area (Å²) in [5.74, 6) is 0.155. The average molecular weight is 181 g/mol. The van der Waals surface area contributed by atoms with Crippen molar-refractivity contribution in [2.45, 2.75) is 26.6 Å². The molecule has 0 aliphatic rings. The molecular formula is C9H15NOSi. The third-order valence-electron chi connectivity index (χ3n) is 1.83. The minimum Gasteiger partial charge on any atom is -0.372 e. The molecule has 0 unspecified atom stereocenters. The van der Waals surface area contributed by atoms with Crippen molar-refractivity contribution in [3.05, 3.63) is 24.0 Å². The van der Waals surface area contributed by atoms with E-state index >= 15 is 0 Å². The first-order chi connectivity index (χ1) is 5.43. The van der Waals surface area contributed by atoms with E-state index in [1.807, 2.05) is 18.3 Å². The molecular weight excluding hydrogens is 166 g/mol. The Balaban J connectivity index is 3.17. The van der Waals surface area contributed by atoms with E-state index in [1.165, 1.54) is 0 Å². The van der Waals surface area contributed by atoms with E-state index in [9.17, 15) is 4.79 Å². The number of rotatable bonds is 2. The lowest BCUT2D eigenvalue weighted by Gasteiger charge is -2.20. The molecule has 0 aromatic carbocycles. The maximum atomic E-state index is 11.2. The molecule has 0 spiro atoms. The normalized spacial score (nSPS) is 11.7. The molecule has 1 heterocycles. The fraction of sp³-hybridized carbons (Fsp3) is 0.444. The predicted molar refractivity (Wildman–Crippen MR) is 53.2 cm³/mol. The highest BCUT2D eigenvalue weighted by Crippen LogP contribution is 2.12. The molecule has 0 saturated heterocycles. The van der Waals surface area contributed by atoms with E-state index in [0.717, 1.165) is 5.69 Å². The van der Waals surface area contributed by atoms with Crippen LogP contribution in [-0.4, -0.2) is 18.3 Å². The number of Topliss-reactive ketones (excluding diaryl/α,β-unsaturated/α-hetero) is 1. The van der Waals surface area contributed by atoms with Crippen molar-refractivity contribution in [1.82, 2.24) is 4.23 Å². The molecule has 0 saturated carbocycles. The Labute approximate surface area is 74.3 Å². The smallest absolute Gasteiger partial charge is 0.175 e. The third-order valence-corrected chi connectivity index (χ3v) is 3.67. The summed E-state index contributed by atoms with van der Waals surface area (Å²) in [4.78, 5) is 11.2. The topological polar surface area (TPSA) is 22.0 Å². The van der Waals surface area contributed by atoms with Gasteiger partial charge in [-0.25, -0.2) is 0 Å². The fourth-order valence-corrected chi connectivity index (χ4v) is 2.74. The van der Waals surface area contributed by atoms with Gasteiger partial charge in [0, 0.05) is 6.92 Å². The summed E-state index contributed by atoms with van der Waals surface area (Å²) >= 11 is 0. The minimum atomic E-state index is -1.39. The Bertz CT molecular complexity index is 296. The molecule has 3 heteroatoms. The molecule has 0 fully saturated rings. The molecule has 1 aromatic rings. The van der Waals surface area contributed by atoms with Crippen molar-refractivity contribution >= 4 is 14.0 Å². The van der Waals surface area contributed by atoms with Crippen LogP contribution in [0.3, 0.4) is 0 Å². The summed E-state index contributed by atoms with van der Waals surface area (Å²) < 4.78 is 2.13. The number of hydrogen-bond donors (Lipinski definition) is 0. The molecule has 0 N–H and O–H groups in total. The van der Waals surface area contributed by atoms with Gasteiger partial charge >= 0.3 is 0 Å². The van der Waals surface area contributed by atoms with Crippen LogP contribution in [0.4, 0.5) is 0 Å². The van der Waals surface area contributed by atoms with Gasteiger partial charge in [-0.15, -0.1) is 0 Å². The maximum Gasteiger partial charge on any atom is 0.175 e. The summed E-state index contributed by atoms with van der Waals surface area (Å²) in [6, 6.07) is 3.83. The monoisotopic (exact) mass is 181 g/mol. The van der Waals surface area contributed by atoms with Crippen molar-refractivity contribution in [2.24, 2.45) is 0 Å². The van der Waals surface area contributed by atoms with Gasteiger partial charge in [0.25, 0.3) is 0 Å². The Morgan fingerprint density at radius 2 is 2.00 bits per heavy atom. The van der Waals surface area contributed by atoms with Gasteiger partial charge in [-0.1, -0.05) is 19.6 Å². The highest BCUT2D eigenvalue weighted by atomic mass is 28.3. The Morgan fingerprint density at radius 1 is 1.42 bits per heavy atom. The number of carbonyl (C=O) groups is 1. The standard InChI is InChI=1S/C9H15NOSi/c1-8(11)9-6-5-7-10(9)12(2,3)4/h5-7H,1-4H3. The molecule has 2 nitrogen and oxygen atoms in total. The summed E-state index contributed by atoms with van der Waals surface area (Å²) in [5.41, 5.74) is 0.842. The SMILES string of the molecule is CC(=O)c1cccn1[Si](C)(C)C. The van der Waals surface area contributed by atoms with Crippen LogP contribution in [0.15, 0.2) is 18.3 Å². The maximum absolute atomic E-state index is 11.2. The van der Waals surface area contributed by atoms with Crippen LogP contribution >= 0.6 is 0 Å². The summed E-state index contributed by atoms with van der Waals surface area (Å²) in [7, 11) is -1.39. The van der Waals surface area contributed by atoms with Gasteiger partial charge < -0.3 is 4.23 Å². The molecule has 0 radical (unpaired) electrons. The fourth-order valence-electron chi connectivity index (χ4n) is 1.25. The molecule has 1 rings (SSSR count). The first-order valence-electron chi connectivity index (χ1n) is 4.11. The second-order valence-corrected chi connectivity index (χ2v) is 8.81. The number of nitrogens with zero attached hydrogens (tertiary/aromatic N) is 1. The number of ketones is 1. The van der Waals surface area contributed by atoms with Gasteiger partial charge in [0.2, 0.25) is 0 Å². The Hall–Kier alpha value is -0.833. The van der Waals surface area contributed by atoms with E-state index in [1.54, 1.807) is 6.92 Å². The zero-order chi connectivity index (χ0) is 9.35. The molecule has 66 valence electrons. The second-order valence-electron chi connectivity index (χ2n) is 3.99. The van der Waals surface area contributed by atoms with Gasteiger partial charge in [0.05, 0.1) is 5.69 Å². The molecule has 0 aliphatic heterocycles. The first-order valence-corrected chi connectivity index (χ1v) is 7.56.